The van der Waals surface area contributed by atoms with E-state index in [1.54, 1.807) is 30.3 Å². The highest BCUT2D eigenvalue weighted by Crippen LogP contribution is 2.23. The third-order valence-electron chi connectivity index (χ3n) is 5.58. The third-order valence-corrected chi connectivity index (χ3v) is 5.58. The van der Waals surface area contributed by atoms with Crippen molar-refractivity contribution in [3.05, 3.63) is 46.6 Å². The third kappa shape index (κ3) is 4.18. The van der Waals surface area contributed by atoms with Crippen molar-refractivity contribution in [3.8, 4) is 5.75 Å². The summed E-state index contributed by atoms with van der Waals surface area (Å²) in [7, 11) is 1.65. The van der Waals surface area contributed by atoms with Crippen LogP contribution in [0.4, 0.5) is 5.69 Å². The number of aromatic nitrogens is 3. The highest BCUT2D eigenvalue weighted by Gasteiger charge is 2.25. The summed E-state index contributed by atoms with van der Waals surface area (Å²) in [6.07, 6.45) is 5.88. The van der Waals surface area contributed by atoms with Crippen LogP contribution in [-0.2, 0) is 6.54 Å². The highest BCUT2D eigenvalue weighted by molar-refractivity contribution is 5.44. The first-order valence-electron chi connectivity index (χ1n) is 9.85. The normalized spacial score (nSPS) is 23.1. The Hall–Kier alpha value is -2.45. The monoisotopic (exact) mass is 385 g/mol. The standard InChI is InChI=1S/C20H27N5O3/c1-28-19-4-6-21-15(9-19)12-23-7-2-3-16(13-23)25-20(27)10-17(11-22-25)24-8-5-18(26)14-24/h4,6,9-11,16,18,26H,2-3,5,7-8,12-14H2,1H3/t16-,18-/m0/s1. The van der Waals surface area contributed by atoms with Gasteiger partial charge < -0.3 is 14.7 Å². The molecule has 0 bridgehead atoms. The van der Waals surface area contributed by atoms with Crippen LogP contribution in [0.1, 0.15) is 31.0 Å². The molecule has 8 nitrogen and oxygen atoms in total. The van der Waals surface area contributed by atoms with Crippen molar-refractivity contribution in [3.63, 3.8) is 0 Å². The Bertz CT molecular complexity index is 871. The van der Waals surface area contributed by atoms with Crippen molar-refractivity contribution in [1.82, 2.24) is 19.7 Å². The van der Waals surface area contributed by atoms with E-state index in [4.69, 9.17) is 4.74 Å². The van der Waals surface area contributed by atoms with Crippen LogP contribution in [0, 0.1) is 0 Å². The van der Waals surface area contributed by atoms with Crippen LogP contribution in [0.15, 0.2) is 35.4 Å². The lowest BCUT2D eigenvalue weighted by molar-refractivity contribution is 0.158. The van der Waals surface area contributed by atoms with Gasteiger partial charge >= 0.3 is 0 Å². The summed E-state index contributed by atoms with van der Waals surface area (Å²) in [6.45, 7) is 3.81. The van der Waals surface area contributed by atoms with Crippen LogP contribution in [0.25, 0.3) is 0 Å². The summed E-state index contributed by atoms with van der Waals surface area (Å²) in [4.78, 5) is 21.4. The Morgan fingerprint density at radius 1 is 1.25 bits per heavy atom. The average Bonchev–Trinajstić information content (AvgIpc) is 3.14. The summed E-state index contributed by atoms with van der Waals surface area (Å²) in [6, 6.07) is 5.50. The number of pyridine rings is 1. The smallest absolute Gasteiger partial charge is 0.269 e. The first kappa shape index (κ1) is 18.9. The number of anilines is 1. The SMILES string of the molecule is COc1ccnc(CN2CCC[C@H](n3ncc(N4CC[C@H](O)C4)cc3=O)C2)c1. The van der Waals surface area contributed by atoms with E-state index in [0.717, 1.165) is 62.6 Å². The quantitative estimate of drug-likeness (QED) is 0.824. The molecule has 0 spiro atoms. The van der Waals surface area contributed by atoms with E-state index in [-0.39, 0.29) is 17.7 Å². The molecule has 0 aromatic carbocycles. The van der Waals surface area contributed by atoms with Gasteiger partial charge in [-0.1, -0.05) is 0 Å². The first-order chi connectivity index (χ1) is 13.6. The molecule has 2 fully saturated rings. The van der Waals surface area contributed by atoms with Gasteiger partial charge in [-0.05, 0) is 31.9 Å². The van der Waals surface area contributed by atoms with Crippen LogP contribution < -0.4 is 15.2 Å². The predicted molar refractivity (Wildman–Crippen MR) is 106 cm³/mol. The lowest BCUT2D eigenvalue weighted by atomic mass is 10.1. The lowest BCUT2D eigenvalue weighted by Gasteiger charge is -2.32. The number of aliphatic hydroxyl groups is 1. The summed E-state index contributed by atoms with van der Waals surface area (Å²) in [5.74, 6) is 0.805. The summed E-state index contributed by atoms with van der Waals surface area (Å²) in [5, 5.41) is 14.2. The van der Waals surface area contributed by atoms with E-state index in [0.29, 0.717) is 6.54 Å². The molecule has 2 aliphatic rings. The number of likely N-dealkylation sites (tertiary alicyclic amines) is 1. The molecule has 2 aromatic heterocycles. The minimum atomic E-state index is -0.320. The molecule has 28 heavy (non-hydrogen) atoms. The Morgan fingerprint density at radius 2 is 2.14 bits per heavy atom. The van der Waals surface area contributed by atoms with Crippen molar-refractivity contribution in [2.75, 3.05) is 38.2 Å². The Kier molecular flexibility index (Phi) is 5.59. The first-order valence-corrected chi connectivity index (χ1v) is 9.85. The maximum atomic E-state index is 12.7. The van der Waals surface area contributed by atoms with Gasteiger partial charge in [0.2, 0.25) is 0 Å². The minimum Gasteiger partial charge on any atom is -0.497 e. The van der Waals surface area contributed by atoms with E-state index in [1.807, 2.05) is 17.0 Å². The maximum Gasteiger partial charge on any atom is 0.269 e. The number of aliphatic hydroxyl groups excluding tert-OH is 1. The Morgan fingerprint density at radius 3 is 2.89 bits per heavy atom. The second-order valence-electron chi connectivity index (χ2n) is 7.60. The van der Waals surface area contributed by atoms with Crippen LogP contribution in [0.3, 0.4) is 0 Å². The molecule has 150 valence electrons. The molecule has 0 amide bonds. The van der Waals surface area contributed by atoms with Gasteiger partial charge in [-0.2, -0.15) is 5.10 Å². The second kappa shape index (κ2) is 8.28. The number of β-amino-alcohol motifs (C(OH)–C–C–N with tert-alkyl or cyclic N) is 1. The van der Waals surface area contributed by atoms with Crippen molar-refractivity contribution in [2.45, 2.75) is 38.0 Å². The number of hydrogen-bond donors (Lipinski definition) is 1. The van der Waals surface area contributed by atoms with Crippen molar-refractivity contribution < 1.29 is 9.84 Å². The van der Waals surface area contributed by atoms with Gasteiger partial charge in [0, 0.05) is 44.5 Å². The number of methoxy groups -OCH3 is 1. The van der Waals surface area contributed by atoms with Crippen molar-refractivity contribution >= 4 is 5.69 Å². The fraction of sp³-hybridized carbons (Fsp3) is 0.550. The molecule has 2 atom stereocenters. The molecule has 2 saturated heterocycles. The molecule has 0 saturated carbocycles. The number of piperidine rings is 1. The van der Waals surface area contributed by atoms with Gasteiger partial charge in [-0.15, -0.1) is 0 Å². The summed E-state index contributed by atoms with van der Waals surface area (Å²) >= 11 is 0. The molecule has 2 aromatic rings. The average molecular weight is 385 g/mol. The maximum absolute atomic E-state index is 12.7. The molecule has 0 aliphatic carbocycles. The highest BCUT2D eigenvalue weighted by atomic mass is 16.5. The van der Waals surface area contributed by atoms with Crippen LogP contribution in [-0.4, -0.2) is 64.2 Å². The van der Waals surface area contributed by atoms with Crippen molar-refractivity contribution in [1.29, 1.82) is 0 Å². The van der Waals surface area contributed by atoms with Gasteiger partial charge in [0.15, 0.2) is 0 Å². The lowest BCUT2D eigenvalue weighted by Crippen LogP contribution is -2.40. The number of ether oxygens (including phenoxy) is 1. The van der Waals surface area contributed by atoms with Crippen LogP contribution in [0.2, 0.25) is 0 Å². The Labute approximate surface area is 164 Å². The van der Waals surface area contributed by atoms with Crippen LogP contribution >= 0.6 is 0 Å². The fourth-order valence-corrected chi connectivity index (χ4v) is 4.10. The zero-order valence-corrected chi connectivity index (χ0v) is 16.2. The van der Waals surface area contributed by atoms with Gasteiger partial charge in [0.25, 0.3) is 5.56 Å². The fourth-order valence-electron chi connectivity index (χ4n) is 4.10. The molecular formula is C20H27N5O3. The molecule has 0 radical (unpaired) electrons. The molecule has 0 unspecified atom stereocenters. The number of hydrogen-bond acceptors (Lipinski definition) is 7. The molecule has 4 heterocycles. The summed E-state index contributed by atoms with van der Waals surface area (Å²) in [5.41, 5.74) is 1.68. The predicted octanol–water partition coefficient (Wildman–Crippen LogP) is 1.05. The van der Waals surface area contributed by atoms with Gasteiger partial charge in [-0.3, -0.25) is 14.7 Å². The Balaban J connectivity index is 1.44. The zero-order chi connectivity index (χ0) is 19.5. The zero-order valence-electron chi connectivity index (χ0n) is 16.2. The largest absolute Gasteiger partial charge is 0.497 e. The number of nitrogens with zero attached hydrogens (tertiary/aromatic N) is 5. The van der Waals surface area contributed by atoms with E-state index in [1.165, 1.54) is 0 Å². The molecule has 2 aliphatic heterocycles. The van der Waals surface area contributed by atoms with E-state index < -0.39 is 0 Å². The summed E-state index contributed by atoms with van der Waals surface area (Å²) < 4.78 is 6.89. The van der Waals surface area contributed by atoms with E-state index in [2.05, 4.69) is 15.0 Å². The van der Waals surface area contributed by atoms with Gasteiger partial charge in [0.1, 0.15) is 5.75 Å². The second-order valence-corrected chi connectivity index (χ2v) is 7.60. The van der Waals surface area contributed by atoms with E-state index in [9.17, 15) is 9.90 Å². The number of rotatable bonds is 5. The van der Waals surface area contributed by atoms with Gasteiger partial charge in [0.05, 0.1) is 36.8 Å². The molecule has 4 rings (SSSR count). The van der Waals surface area contributed by atoms with Crippen LogP contribution in [0.5, 0.6) is 5.75 Å². The minimum absolute atomic E-state index is 0.0603. The van der Waals surface area contributed by atoms with Gasteiger partial charge in [-0.25, -0.2) is 4.68 Å². The topological polar surface area (TPSA) is 83.7 Å². The molecule has 1 N–H and O–H groups in total. The van der Waals surface area contributed by atoms with E-state index >= 15 is 0 Å². The molecule has 8 heteroatoms. The van der Waals surface area contributed by atoms with Crippen molar-refractivity contribution in [2.24, 2.45) is 0 Å². The molecular weight excluding hydrogens is 358 g/mol.